The van der Waals surface area contributed by atoms with Crippen molar-refractivity contribution in [1.29, 1.82) is 0 Å². The number of nitrogens with two attached hydrogens (primary N) is 1. The van der Waals surface area contributed by atoms with Crippen molar-refractivity contribution in [2.75, 3.05) is 12.0 Å². The number of hydrogen-bond acceptors (Lipinski definition) is 3. The Balaban J connectivity index is 1.94. The molecule has 2 aromatic rings. The Kier molecular flexibility index (Phi) is 5.70. The van der Waals surface area contributed by atoms with Crippen LogP contribution in [0.25, 0.3) is 10.9 Å². The highest BCUT2D eigenvalue weighted by molar-refractivity contribution is 7.98. The average Bonchev–Trinajstić information content (AvgIpc) is 2.88. The zero-order valence-electron chi connectivity index (χ0n) is 12.6. The van der Waals surface area contributed by atoms with Gasteiger partial charge < -0.3 is 16.0 Å². The first-order valence-corrected chi connectivity index (χ1v) is 8.61. The van der Waals surface area contributed by atoms with Gasteiger partial charge in [0.25, 0.3) is 0 Å². The summed E-state index contributed by atoms with van der Waals surface area (Å²) >= 11 is 1.78. The second-order valence-electron chi connectivity index (χ2n) is 5.36. The lowest BCUT2D eigenvalue weighted by Crippen LogP contribution is -2.45. The van der Waals surface area contributed by atoms with Gasteiger partial charge in [-0.3, -0.25) is 4.79 Å². The molecule has 4 N–H and O–H groups in total. The predicted molar refractivity (Wildman–Crippen MR) is 90.6 cm³/mol. The Morgan fingerprint density at radius 2 is 2.19 bits per heavy atom. The number of thioether (sulfide) groups is 1. The summed E-state index contributed by atoms with van der Waals surface area (Å²) in [4.78, 5) is 15.3. The molecule has 114 valence electrons. The molecule has 0 spiro atoms. The van der Waals surface area contributed by atoms with Gasteiger partial charge in [0.1, 0.15) is 0 Å². The molecule has 5 heteroatoms. The summed E-state index contributed by atoms with van der Waals surface area (Å²) in [5.74, 6) is 0.966. The first kappa shape index (κ1) is 15.9. The third-order valence-corrected chi connectivity index (χ3v) is 4.24. The predicted octanol–water partition coefficient (Wildman–Crippen LogP) is 2.30. The maximum atomic E-state index is 12.1. The molecule has 0 aliphatic carbocycles. The van der Waals surface area contributed by atoms with Crippen LogP contribution in [-0.2, 0) is 11.2 Å². The number of carbonyl (C=O) groups is 1. The van der Waals surface area contributed by atoms with E-state index < -0.39 is 6.04 Å². The van der Waals surface area contributed by atoms with Gasteiger partial charge in [0.15, 0.2) is 0 Å². The van der Waals surface area contributed by atoms with Crippen LogP contribution in [0, 0.1) is 0 Å². The first-order valence-electron chi connectivity index (χ1n) is 7.21. The molecule has 0 radical (unpaired) electrons. The zero-order chi connectivity index (χ0) is 15.2. The Morgan fingerprint density at radius 1 is 1.43 bits per heavy atom. The van der Waals surface area contributed by atoms with Crippen LogP contribution in [0.4, 0.5) is 0 Å². The highest BCUT2D eigenvalue weighted by Crippen LogP contribution is 2.18. The molecule has 0 fully saturated rings. The van der Waals surface area contributed by atoms with E-state index in [1.807, 2.05) is 37.4 Å². The fraction of sp³-hybridized carbons (Fsp3) is 0.438. The molecule has 0 saturated carbocycles. The van der Waals surface area contributed by atoms with E-state index in [4.69, 9.17) is 5.73 Å². The van der Waals surface area contributed by atoms with E-state index in [2.05, 4.69) is 16.6 Å². The molecule has 1 aromatic heterocycles. The normalized spacial score (nSPS) is 14.0. The highest BCUT2D eigenvalue weighted by atomic mass is 32.2. The van der Waals surface area contributed by atoms with Crippen LogP contribution in [0.1, 0.15) is 18.9 Å². The van der Waals surface area contributed by atoms with Crippen molar-refractivity contribution in [3.8, 4) is 0 Å². The number of amides is 1. The largest absolute Gasteiger partial charge is 0.361 e. The van der Waals surface area contributed by atoms with Crippen LogP contribution in [0.15, 0.2) is 30.5 Å². The van der Waals surface area contributed by atoms with Crippen LogP contribution < -0.4 is 11.1 Å². The molecule has 1 unspecified atom stereocenters. The number of aromatic amines is 1. The Labute approximate surface area is 129 Å². The highest BCUT2D eigenvalue weighted by Gasteiger charge is 2.17. The van der Waals surface area contributed by atoms with Gasteiger partial charge in [-0.2, -0.15) is 11.8 Å². The number of hydrogen-bond donors (Lipinski definition) is 3. The number of fused-ring (bicyclic) bond motifs is 1. The van der Waals surface area contributed by atoms with Crippen LogP contribution in [0.3, 0.4) is 0 Å². The van der Waals surface area contributed by atoms with E-state index in [-0.39, 0.29) is 11.9 Å². The Morgan fingerprint density at radius 3 is 2.95 bits per heavy atom. The summed E-state index contributed by atoms with van der Waals surface area (Å²) in [6.45, 7) is 2.02. The lowest BCUT2D eigenvalue weighted by Gasteiger charge is -2.17. The molecule has 21 heavy (non-hydrogen) atoms. The zero-order valence-corrected chi connectivity index (χ0v) is 13.4. The summed E-state index contributed by atoms with van der Waals surface area (Å²) in [5.41, 5.74) is 8.21. The van der Waals surface area contributed by atoms with Crippen molar-refractivity contribution in [3.05, 3.63) is 36.0 Å². The van der Waals surface area contributed by atoms with E-state index >= 15 is 0 Å². The number of rotatable bonds is 7. The fourth-order valence-electron chi connectivity index (χ4n) is 2.35. The minimum absolute atomic E-state index is 0.0751. The van der Waals surface area contributed by atoms with Gasteiger partial charge in [-0.15, -0.1) is 0 Å². The fourth-order valence-corrected chi connectivity index (χ4v) is 2.94. The van der Waals surface area contributed by atoms with Gasteiger partial charge in [0, 0.05) is 23.1 Å². The minimum atomic E-state index is -0.513. The van der Waals surface area contributed by atoms with Crippen molar-refractivity contribution >= 4 is 28.6 Å². The molecule has 0 bridgehead atoms. The van der Waals surface area contributed by atoms with Crippen molar-refractivity contribution in [2.45, 2.75) is 31.8 Å². The molecule has 2 rings (SSSR count). The van der Waals surface area contributed by atoms with Gasteiger partial charge in [-0.05, 0) is 43.4 Å². The molecule has 1 heterocycles. The third kappa shape index (κ3) is 4.25. The van der Waals surface area contributed by atoms with Crippen molar-refractivity contribution in [1.82, 2.24) is 10.3 Å². The first-order chi connectivity index (χ1) is 10.1. The quantitative estimate of drug-likeness (QED) is 0.735. The van der Waals surface area contributed by atoms with Crippen LogP contribution in [0.2, 0.25) is 0 Å². The second-order valence-corrected chi connectivity index (χ2v) is 6.35. The molecule has 1 amide bonds. The molecular formula is C16H23N3OS. The molecule has 1 aromatic carbocycles. The number of aromatic nitrogens is 1. The summed E-state index contributed by atoms with van der Waals surface area (Å²) < 4.78 is 0. The Hall–Kier alpha value is -1.46. The van der Waals surface area contributed by atoms with E-state index in [1.165, 1.54) is 0 Å². The van der Waals surface area contributed by atoms with Crippen molar-refractivity contribution in [3.63, 3.8) is 0 Å². The molecule has 4 nitrogen and oxygen atoms in total. The molecular weight excluding hydrogens is 282 g/mol. The third-order valence-electron chi connectivity index (χ3n) is 3.60. The molecule has 0 saturated heterocycles. The molecule has 0 aliphatic heterocycles. The summed E-state index contributed by atoms with van der Waals surface area (Å²) in [5, 5.41) is 4.12. The number of carbonyl (C=O) groups excluding carboxylic acids is 1. The second kappa shape index (κ2) is 7.52. The molecule has 0 aliphatic rings. The van der Waals surface area contributed by atoms with Gasteiger partial charge in [0.05, 0.1) is 6.04 Å². The number of benzene rings is 1. The van der Waals surface area contributed by atoms with E-state index in [1.54, 1.807) is 11.8 Å². The van der Waals surface area contributed by atoms with Crippen molar-refractivity contribution in [2.24, 2.45) is 5.73 Å². The summed E-state index contributed by atoms with van der Waals surface area (Å²) in [6, 6.07) is 7.71. The van der Waals surface area contributed by atoms with Gasteiger partial charge in [-0.25, -0.2) is 0 Å². The van der Waals surface area contributed by atoms with Crippen LogP contribution in [-0.4, -0.2) is 35.0 Å². The summed E-state index contributed by atoms with van der Waals surface area (Å²) in [7, 11) is 0. The minimum Gasteiger partial charge on any atom is -0.361 e. The van der Waals surface area contributed by atoms with Crippen molar-refractivity contribution < 1.29 is 4.79 Å². The summed E-state index contributed by atoms with van der Waals surface area (Å²) in [6.07, 6.45) is 5.52. The van der Waals surface area contributed by atoms with Gasteiger partial charge in [-0.1, -0.05) is 18.2 Å². The number of H-pyrrole nitrogens is 1. The topological polar surface area (TPSA) is 70.9 Å². The maximum Gasteiger partial charge on any atom is 0.237 e. The average molecular weight is 305 g/mol. The van der Waals surface area contributed by atoms with Crippen LogP contribution in [0.5, 0.6) is 0 Å². The lowest BCUT2D eigenvalue weighted by atomic mass is 10.0. The maximum absolute atomic E-state index is 12.1. The van der Waals surface area contributed by atoms with E-state index in [0.29, 0.717) is 6.42 Å². The smallest absolute Gasteiger partial charge is 0.237 e. The monoisotopic (exact) mass is 305 g/mol. The van der Waals surface area contributed by atoms with E-state index in [0.717, 1.165) is 28.6 Å². The SMILES string of the molecule is CSCCC(C)NC(=O)[C@@H](N)Cc1c[nH]c2ccccc12. The standard InChI is InChI=1S/C16H23N3OS/c1-11(7-8-21-2)19-16(20)14(17)9-12-10-18-15-6-4-3-5-13(12)15/h3-6,10-11,14,18H,7-9,17H2,1-2H3,(H,19,20)/t11?,14-/m0/s1. The molecule has 2 atom stereocenters. The van der Waals surface area contributed by atoms with Crippen LogP contribution >= 0.6 is 11.8 Å². The Bertz CT molecular complexity index is 596. The van der Waals surface area contributed by atoms with Gasteiger partial charge >= 0.3 is 0 Å². The van der Waals surface area contributed by atoms with E-state index in [9.17, 15) is 4.79 Å². The number of para-hydroxylation sites is 1. The van der Waals surface area contributed by atoms with Gasteiger partial charge in [0.2, 0.25) is 5.91 Å². The lowest BCUT2D eigenvalue weighted by molar-refractivity contribution is -0.122. The number of nitrogens with one attached hydrogen (secondary N) is 2.